The van der Waals surface area contributed by atoms with Crippen molar-refractivity contribution in [1.29, 1.82) is 0 Å². The Morgan fingerprint density at radius 3 is 2.20 bits per heavy atom. The molecule has 3 aromatic carbocycles. The van der Waals surface area contributed by atoms with E-state index < -0.39 is 0 Å². The fraction of sp³-hybridized carbons (Fsp3) is 0. The summed E-state index contributed by atoms with van der Waals surface area (Å²) in [7, 11) is 0. The first kappa shape index (κ1) is 17.8. The first-order chi connectivity index (χ1) is 12.2. The molecule has 25 heavy (non-hydrogen) atoms. The number of nitrogens with zero attached hydrogens (tertiary/aromatic N) is 1. The van der Waals surface area contributed by atoms with Crippen LogP contribution in [-0.4, -0.2) is 5.71 Å². The average Bonchev–Trinajstić information content (AvgIpc) is 2.64. The number of hydrogen-bond acceptors (Lipinski definition) is 2. The number of rotatable bonds is 5. The van der Waals surface area contributed by atoms with Crippen LogP contribution in [0.15, 0.2) is 100 Å². The standard InChI is InChI=1S/C21H15Cl2NS/c22-17-11-12-21(19(23)15-17)25-14-13-20(16-7-3-1-4-8-16)24-18-9-5-2-6-10-18/h1-15H. The van der Waals surface area contributed by atoms with Crippen LogP contribution in [-0.2, 0) is 0 Å². The van der Waals surface area contributed by atoms with Crippen molar-refractivity contribution in [2.45, 2.75) is 4.90 Å². The molecule has 0 aliphatic heterocycles. The van der Waals surface area contributed by atoms with E-state index in [0.717, 1.165) is 21.9 Å². The zero-order valence-corrected chi connectivity index (χ0v) is 15.6. The smallest absolute Gasteiger partial charge is 0.0714 e. The van der Waals surface area contributed by atoms with Gasteiger partial charge in [-0.2, -0.15) is 0 Å². The molecule has 0 aromatic heterocycles. The molecule has 0 heterocycles. The van der Waals surface area contributed by atoms with Gasteiger partial charge >= 0.3 is 0 Å². The van der Waals surface area contributed by atoms with E-state index >= 15 is 0 Å². The lowest BCUT2D eigenvalue weighted by Gasteiger charge is -2.03. The zero-order valence-electron chi connectivity index (χ0n) is 13.3. The molecule has 124 valence electrons. The molecule has 0 bridgehead atoms. The molecule has 3 rings (SSSR count). The number of thioether (sulfide) groups is 1. The van der Waals surface area contributed by atoms with Crippen molar-refractivity contribution in [3.05, 3.63) is 106 Å². The van der Waals surface area contributed by atoms with E-state index in [2.05, 4.69) is 0 Å². The Kier molecular flexibility index (Phi) is 6.35. The van der Waals surface area contributed by atoms with E-state index in [-0.39, 0.29) is 0 Å². The molecule has 0 fully saturated rings. The lowest BCUT2D eigenvalue weighted by atomic mass is 10.1. The van der Waals surface area contributed by atoms with Gasteiger partial charge in [-0.25, -0.2) is 4.99 Å². The third kappa shape index (κ3) is 5.23. The second-order valence-corrected chi connectivity index (χ2v) is 6.99. The topological polar surface area (TPSA) is 12.4 Å². The quantitative estimate of drug-likeness (QED) is 0.329. The predicted molar refractivity (Wildman–Crippen MR) is 111 cm³/mol. The van der Waals surface area contributed by atoms with Crippen molar-refractivity contribution in [2.75, 3.05) is 0 Å². The molecular formula is C21H15Cl2NS. The van der Waals surface area contributed by atoms with Crippen LogP contribution in [0.4, 0.5) is 5.69 Å². The Hall–Kier alpha value is -2.00. The third-order valence-electron chi connectivity index (χ3n) is 3.39. The molecule has 0 radical (unpaired) electrons. The summed E-state index contributed by atoms with van der Waals surface area (Å²) < 4.78 is 0. The highest BCUT2D eigenvalue weighted by atomic mass is 35.5. The molecule has 1 nitrogen and oxygen atoms in total. The largest absolute Gasteiger partial charge is 0.248 e. The first-order valence-corrected chi connectivity index (χ1v) is 9.33. The highest BCUT2D eigenvalue weighted by molar-refractivity contribution is 8.02. The summed E-state index contributed by atoms with van der Waals surface area (Å²) in [5.41, 5.74) is 2.87. The number of benzene rings is 3. The fourth-order valence-corrected chi connectivity index (χ4v) is 3.39. The molecule has 0 unspecified atom stereocenters. The van der Waals surface area contributed by atoms with E-state index in [4.69, 9.17) is 28.2 Å². The SMILES string of the molecule is Clc1ccc(SC=CC(=Nc2ccccc2)c2ccccc2)c(Cl)c1. The van der Waals surface area contributed by atoms with Gasteiger partial charge in [-0.1, -0.05) is 83.5 Å². The maximum Gasteiger partial charge on any atom is 0.0714 e. The Labute approximate surface area is 162 Å². The van der Waals surface area contributed by atoms with Crippen LogP contribution in [0.1, 0.15) is 5.56 Å². The summed E-state index contributed by atoms with van der Waals surface area (Å²) in [4.78, 5) is 5.71. The lowest BCUT2D eigenvalue weighted by molar-refractivity contribution is 1.47. The van der Waals surface area contributed by atoms with E-state index in [0.29, 0.717) is 10.0 Å². The molecule has 0 saturated heterocycles. The van der Waals surface area contributed by atoms with Crippen molar-refractivity contribution >= 4 is 46.4 Å². The van der Waals surface area contributed by atoms with Gasteiger partial charge in [0.15, 0.2) is 0 Å². The van der Waals surface area contributed by atoms with E-state index in [1.54, 1.807) is 6.07 Å². The van der Waals surface area contributed by atoms with Crippen LogP contribution in [0.3, 0.4) is 0 Å². The Balaban J connectivity index is 1.86. The van der Waals surface area contributed by atoms with Gasteiger partial charge in [0, 0.05) is 15.5 Å². The number of halogens is 2. The summed E-state index contributed by atoms with van der Waals surface area (Å²) in [6.07, 6.45) is 2.00. The average molecular weight is 384 g/mol. The minimum absolute atomic E-state index is 0.633. The van der Waals surface area contributed by atoms with Gasteiger partial charge in [0.2, 0.25) is 0 Å². The summed E-state index contributed by atoms with van der Waals surface area (Å²) in [6.45, 7) is 0. The van der Waals surface area contributed by atoms with Gasteiger partial charge in [-0.05, 0) is 41.8 Å². The van der Waals surface area contributed by atoms with Gasteiger partial charge in [0.1, 0.15) is 0 Å². The number of aliphatic imine (C=N–C) groups is 1. The molecule has 4 heteroatoms. The third-order valence-corrected chi connectivity index (χ3v) is 4.93. The summed E-state index contributed by atoms with van der Waals surface area (Å²) in [5.74, 6) is 0. The fourth-order valence-electron chi connectivity index (χ4n) is 2.19. The molecule has 0 atom stereocenters. The van der Waals surface area contributed by atoms with Crippen LogP contribution in [0, 0.1) is 0 Å². The molecule has 3 aromatic rings. The van der Waals surface area contributed by atoms with Crippen LogP contribution in [0.5, 0.6) is 0 Å². The summed E-state index contributed by atoms with van der Waals surface area (Å²) >= 11 is 13.7. The predicted octanol–water partition coefficient (Wildman–Crippen LogP) is 7.42. The number of para-hydroxylation sites is 1. The van der Waals surface area contributed by atoms with Crippen LogP contribution >= 0.6 is 35.0 Å². The summed E-state index contributed by atoms with van der Waals surface area (Å²) in [5, 5.41) is 3.27. The second kappa shape index (κ2) is 8.91. The van der Waals surface area contributed by atoms with Crippen LogP contribution in [0.2, 0.25) is 10.0 Å². The minimum atomic E-state index is 0.633. The zero-order chi connectivity index (χ0) is 17.5. The molecule has 0 N–H and O–H groups in total. The molecular weight excluding hydrogens is 369 g/mol. The lowest BCUT2D eigenvalue weighted by Crippen LogP contribution is -1.95. The van der Waals surface area contributed by atoms with Crippen molar-refractivity contribution in [3.63, 3.8) is 0 Å². The Morgan fingerprint density at radius 2 is 1.52 bits per heavy atom. The highest BCUT2D eigenvalue weighted by Crippen LogP contribution is 2.30. The van der Waals surface area contributed by atoms with Gasteiger partial charge < -0.3 is 0 Å². The summed E-state index contributed by atoms with van der Waals surface area (Å²) in [6, 6.07) is 25.5. The Morgan fingerprint density at radius 1 is 0.840 bits per heavy atom. The first-order valence-electron chi connectivity index (χ1n) is 7.70. The molecule has 0 aliphatic rings. The molecule has 0 saturated carbocycles. The van der Waals surface area contributed by atoms with Gasteiger partial charge in [-0.3, -0.25) is 0 Å². The monoisotopic (exact) mass is 383 g/mol. The van der Waals surface area contributed by atoms with Crippen molar-refractivity contribution < 1.29 is 0 Å². The van der Waals surface area contributed by atoms with E-state index in [1.807, 2.05) is 84.3 Å². The maximum atomic E-state index is 6.22. The Bertz CT molecular complexity index is 890. The molecule has 0 aliphatic carbocycles. The van der Waals surface area contributed by atoms with Crippen molar-refractivity contribution in [1.82, 2.24) is 0 Å². The van der Waals surface area contributed by atoms with Crippen molar-refractivity contribution in [3.8, 4) is 0 Å². The van der Waals surface area contributed by atoms with Gasteiger partial charge in [-0.15, -0.1) is 0 Å². The van der Waals surface area contributed by atoms with E-state index in [1.165, 1.54) is 11.8 Å². The van der Waals surface area contributed by atoms with Crippen LogP contribution < -0.4 is 0 Å². The van der Waals surface area contributed by atoms with Crippen LogP contribution in [0.25, 0.3) is 0 Å². The van der Waals surface area contributed by atoms with Crippen molar-refractivity contribution in [2.24, 2.45) is 4.99 Å². The normalized spacial score (nSPS) is 11.8. The molecule has 0 amide bonds. The number of allylic oxidation sites excluding steroid dienone is 1. The second-order valence-electron chi connectivity index (χ2n) is 5.19. The highest BCUT2D eigenvalue weighted by Gasteiger charge is 2.02. The minimum Gasteiger partial charge on any atom is -0.248 e. The number of hydrogen-bond donors (Lipinski definition) is 0. The van der Waals surface area contributed by atoms with Gasteiger partial charge in [0.05, 0.1) is 16.4 Å². The maximum absolute atomic E-state index is 6.22. The van der Waals surface area contributed by atoms with Gasteiger partial charge in [0.25, 0.3) is 0 Å². The molecule has 0 spiro atoms. The van der Waals surface area contributed by atoms with E-state index in [9.17, 15) is 0 Å².